The van der Waals surface area contributed by atoms with Crippen molar-refractivity contribution in [2.75, 3.05) is 0 Å². The number of hydrogen-bond donors (Lipinski definition) is 2. The first-order chi connectivity index (χ1) is 9.63. The average molecular weight is 290 g/mol. The van der Waals surface area contributed by atoms with E-state index in [1.807, 2.05) is 0 Å². The molecule has 1 aromatic heterocycles. The third-order valence-corrected chi connectivity index (χ3v) is 3.51. The Balaban J connectivity index is 2.44. The van der Waals surface area contributed by atoms with E-state index in [0.29, 0.717) is 15.5 Å². The summed E-state index contributed by atoms with van der Waals surface area (Å²) in [6.07, 6.45) is 1.53. The Hall–Kier alpha value is -2.61. The molecule has 3 N–H and O–H groups in total. The number of hydrogen-bond acceptors (Lipinski definition) is 6. The van der Waals surface area contributed by atoms with E-state index in [1.165, 1.54) is 12.3 Å². The van der Waals surface area contributed by atoms with Crippen molar-refractivity contribution in [3.63, 3.8) is 0 Å². The maximum Gasteiger partial charge on any atom is 0.283 e. The lowest BCUT2D eigenvalue weighted by Gasteiger charge is -2.06. The van der Waals surface area contributed by atoms with Gasteiger partial charge in [0, 0.05) is 12.3 Å². The molecule has 2 aromatic rings. The molecule has 0 unspecified atom stereocenters. The van der Waals surface area contributed by atoms with Crippen LogP contribution in [0.25, 0.3) is 0 Å². The van der Waals surface area contributed by atoms with Gasteiger partial charge in [-0.2, -0.15) is 0 Å². The topological polar surface area (TPSA) is 115 Å². The molecule has 0 radical (unpaired) electrons. The van der Waals surface area contributed by atoms with E-state index in [9.17, 15) is 10.1 Å². The van der Waals surface area contributed by atoms with Gasteiger partial charge in [0.25, 0.3) is 5.69 Å². The zero-order valence-electron chi connectivity index (χ0n) is 10.1. The molecule has 0 aliphatic heterocycles. The number of nitrogens with two attached hydrogens (primary N) is 1. The summed E-state index contributed by atoms with van der Waals surface area (Å²) >= 11 is 1.09. The molecule has 8 heteroatoms. The highest BCUT2D eigenvalue weighted by Gasteiger charge is 2.17. The second-order valence-corrected chi connectivity index (χ2v) is 4.70. The van der Waals surface area contributed by atoms with Gasteiger partial charge < -0.3 is 10.9 Å². The number of oxime groups is 1. The second kappa shape index (κ2) is 6.02. The first-order valence-corrected chi connectivity index (χ1v) is 6.29. The summed E-state index contributed by atoms with van der Waals surface area (Å²) < 4.78 is 0. The zero-order chi connectivity index (χ0) is 14.5. The van der Waals surface area contributed by atoms with Gasteiger partial charge in [0.15, 0.2) is 5.84 Å². The van der Waals surface area contributed by atoms with E-state index >= 15 is 0 Å². The quantitative estimate of drug-likeness (QED) is 0.293. The number of nitro benzene ring substituents is 1. The highest BCUT2D eigenvalue weighted by Crippen LogP contribution is 2.34. The van der Waals surface area contributed by atoms with Crippen LogP contribution in [-0.4, -0.2) is 21.0 Å². The highest BCUT2D eigenvalue weighted by atomic mass is 32.2. The Labute approximate surface area is 118 Å². The SMILES string of the molecule is N/C(=N\O)c1cccnc1Sc1ccccc1[N+](=O)[O-]. The van der Waals surface area contributed by atoms with Crippen molar-refractivity contribution in [1.82, 2.24) is 4.98 Å². The van der Waals surface area contributed by atoms with Crippen LogP contribution >= 0.6 is 11.8 Å². The number of amidine groups is 1. The first-order valence-electron chi connectivity index (χ1n) is 5.47. The summed E-state index contributed by atoms with van der Waals surface area (Å²) in [7, 11) is 0. The molecule has 0 spiro atoms. The van der Waals surface area contributed by atoms with Crippen molar-refractivity contribution in [2.45, 2.75) is 9.92 Å². The minimum Gasteiger partial charge on any atom is -0.409 e. The monoisotopic (exact) mass is 290 g/mol. The molecule has 0 bridgehead atoms. The van der Waals surface area contributed by atoms with Crippen LogP contribution in [0.4, 0.5) is 5.69 Å². The van der Waals surface area contributed by atoms with Gasteiger partial charge in [-0.25, -0.2) is 4.98 Å². The summed E-state index contributed by atoms with van der Waals surface area (Å²) in [4.78, 5) is 15.1. The molecule has 7 nitrogen and oxygen atoms in total. The van der Waals surface area contributed by atoms with Crippen molar-refractivity contribution in [2.24, 2.45) is 10.9 Å². The maximum absolute atomic E-state index is 11.0. The van der Waals surface area contributed by atoms with Gasteiger partial charge in [-0.15, -0.1) is 0 Å². The Morgan fingerprint density at radius 3 is 2.80 bits per heavy atom. The fourth-order valence-electron chi connectivity index (χ4n) is 1.52. The molecule has 0 saturated heterocycles. The molecular formula is C12H10N4O3S. The number of pyridine rings is 1. The van der Waals surface area contributed by atoms with Crippen LogP contribution in [0.1, 0.15) is 5.56 Å². The van der Waals surface area contributed by atoms with Crippen LogP contribution in [-0.2, 0) is 0 Å². The van der Waals surface area contributed by atoms with E-state index in [0.717, 1.165) is 11.8 Å². The van der Waals surface area contributed by atoms with E-state index < -0.39 is 4.92 Å². The van der Waals surface area contributed by atoms with Gasteiger partial charge in [0.1, 0.15) is 5.03 Å². The van der Waals surface area contributed by atoms with Crippen molar-refractivity contribution < 1.29 is 10.1 Å². The molecule has 1 aromatic carbocycles. The standard InChI is InChI=1S/C12H10N4O3S/c13-11(15-17)8-4-3-7-14-12(8)20-10-6-2-1-5-9(10)16(18)19/h1-7,17H,(H2,13,15). The molecule has 2 rings (SSSR count). The van der Waals surface area contributed by atoms with Crippen LogP contribution in [0.2, 0.25) is 0 Å². The van der Waals surface area contributed by atoms with Crippen LogP contribution in [0.5, 0.6) is 0 Å². The van der Waals surface area contributed by atoms with Crippen molar-refractivity contribution in [1.29, 1.82) is 0 Å². The predicted molar refractivity (Wildman–Crippen MR) is 74.0 cm³/mol. The van der Waals surface area contributed by atoms with Crippen LogP contribution < -0.4 is 5.73 Å². The van der Waals surface area contributed by atoms with Crippen molar-refractivity contribution >= 4 is 23.3 Å². The summed E-state index contributed by atoms with van der Waals surface area (Å²) in [5.41, 5.74) is 5.95. The Morgan fingerprint density at radius 2 is 2.10 bits per heavy atom. The largest absolute Gasteiger partial charge is 0.409 e. The van der Waals surface area contributed by atoms with E-state index in [1.54, 1.807) is 30.3 Å². The number of nitro groups is 1. The Morgan fingerprint density at radius 1 is 1.35 bits per heavy atom. The van der Waals surface area contributed by atoms with Crippen molar-refractivity contribution in [3.8, 4) is 0 Å². The summed E-state index contributed by atoms with van der Waals surface area (Å²) in [6, 6.07) is 9.57. The lowest BCUT2D eigenvalue weighted by molar-refractivity contribution is -0.387. The number of para-hydroxylation sites is 1. The minimum atomic E-state index is -0.464. The van der Waals surface area contributed by atoms with Gasteiger partial charge in [0.2, 0.25) is 0 Å². The second-order valence-electron chi connectivity index (χ2n) is 3.67. The van der Waals surface area contributed by atoms with Crippen LogP contribution in [0.3, 0.4) is 0 Å². The first kappa shape index (κ1) is 13.8. The molecule has 102 valence electrons. The fraction of sp³-hybridized carbons (Fsp3) is 0. The molecule has 0 aliphatic carbocycles. The van der Waals surface area contributed by atoms with Crippen LogP contribution in [0.15, 0.2) is 57.7 Å². The number of benzene rings is 1. The number of rotatable bonds is 4. The molecule has 0 saturated carbocycles. The molecule has 20 heavy (non-hydrogen) atoms. The predicted octanol–water partition coefficient (Wildman–Crippen LogP) is 2.24. The van der Waals surface area contributed by atoms with Gasteiger partial charge in [0.05, 0.1) is 15.4 Å². The average Bonchev–Trinajstić information content (AvgIpc) is 2.47. The van der Waals surface area contributed by atoms with Gasteiger partial charge in [-0.05, 0) is 18.2 Å². The maximum atomic E-state index is 11.0. The van der Waals surface area contributed by atoms with E-state index in [4.69, 9.17) is 10.9 Å². The summed E-state index contributed by atoms with van der Waals surface area (Å²) in [6.45, 7) is 0. The Bertz CT molecular complexity index is 675. The zero-order valence-corrected chi connectivity index (χ0v) is 10.9. The highest BCUT2D eigenvalue weighted by molar-refractivity contribution is 7.99. The molecule has 0 atom stereocenters. The number of aromatic nitrogens is 1. The van der Waals surface area contributed by atoms with Crippen LogP contribution in [0, 0.1) is 10.1 Å². The fourth-order valence-corrected chi connectivity index (χ4v) is 2.52. The Kier molecular flexibility index (Phi) is 4.16. The van der Waals surface area contributed by atoms with E-state index in [-0.39, 0.29) is 11.5 Å². The normalized spacial score (nSPS) is 11.3. The minimum absolute atomic E-state index is 0.0198. The van der Waals surface area contributed by atoms with Gasteiger partial charge in [-0.1, -0.05) is 29.1 Å². The molecule has 0 amide bonds. The lowest BCUT2D eigenvalue weighted by atomic mass is 10.3. The lowest BCUT2D eigenvalue weighted by Crippen LogP contribution is -2.14. The molecule has 0 aliphatic rings. The number of nitrogens with zero attached hydrogens (tertiary/aromatic N) is 3. The molecule has 0 fully saturated rings. The third-order valence-electron chi connectivity index (χ3n) is 2.42. The molecular weight excluding hydrogens is 280 g/mol. The van der Waals surface area contributed by atoms with Crippen molar-refractivity contribution in [3.05, 3.63) is 58.3 Å². The van der Waals surface area contributed by atoms with Gasteiger partial charge in [-0.3, -0.25) is 10.1 Å². The molecule has 1 heterocycles. The smallest absolute Gasteiger partial charge is 0.283 e. The van der Waals surface area contributed by atoms with Gasteiger partial charge >= 0.3 is 0 Å². The summed E-state index contributed by atoms with van der Waals surface area (Å²) in [5, 5.41) is 23.1. The van der Waals surface area contributed by atoms with E-state index in [2.05, 4.69) is 10.1 Å². The third kappa shape index (κ3) is 2.86. The summed E-state index contributed by atoms with van der Waals surface area (Å²) in [5.74, 6) is -0.0980.